The first-order valence-electron chi connectivity index (χ1n) is 7.52. The first-order chi connectivity index (χ1) is 11.2. The summed E-state index contributed by atoms with van der Waals surface area (Å²) in [5, 5.41) is 4.11. The Balaban J connectivity index is 2.19. The number of amides is 1. The Labute approximate surface area is 145 Å². The highest BCUT2D eigenvalue weighted by Crippen LogP contribution is 2.23. The number of H-pyrrole nitrogens is 1. The number of aromatic nitrogens is 1. The van der Waals surface area contributed by atoms with Gasteiger partial charge in [-0.25, -0.2) is 9.59 Å². The number of ether oxygens (including phenoxy) is 2. The number of hydrogen-bond acceptors (Lipinski definition) is 4. The molecule has 7 heteroatoms. The molecule has 130 valence electrons. The number of hydrogen-bond donors (Lipinski definition) is 2. The van der Waals surface area contributed by atoms with E-state index >= 15 is 0 Å². The molecule has 1 aromatic heterocycles. The quantitative estimate of drug-likeness (QED) is 0.826. The monoisotopic (exact) mass is 352 g/mol. The number of halogens is 1. The highest BCUT2D eigenvalue weighted by Gasteiger charge is 2.26. The standard InChI is InChI=1S/C17H21ClN2O4/c1-17(2,3)24-16(22)20-14(15(21)23-4)7-10-9-19-13-8-11(18)5-6-12(10)13/h5-6,8-9,14,19H,7H2,1-4H3,(H,20,22)/t14-/m0/s1. The van der Waals surface area contributed by atoms with E-state index in [1.165, 1.54) is 7.11 Å². The Morgan fingerprint density at radius 1 is 1.33 bits per heavy atom. The van der Waals surface area contributed by atoms with Crippen molar-refractivity contribution in [1.82, 2.24) is 10.3 Å². The molecule has 0 aliphatic carbocycles. The van der Waals surface area contributed by atoms with Crippen molar-refractivity contribution in [3.8, 4) is 0 Å². The molecule has 0 unspecified atom stereocenters. The predicted molar refractivity (Wildman–Crippen MR) is 92.2 cm³/mol. The van der Waals surface area contributed by atoms with Gasteiger partial charge in [-0.15, -0.1) is 0 Å². The minimum atomic E-state index is -0.848. The Hall–Kier alpha value is -2.21. The summed E-state index contributed by atoms with van der Waals surface area (Å²) in [7, 11) is 1.28. The number of rotatable bonds is 4. The summed E-state index contributed by atoms with van der Waals surface area (Å²) in [6.45, 7) is 5.26. The van der Waals surface area contributed by atoms with Gasteiger partial charge in [0.2, 0.25) is 0 Å². The van der Waals surface area contributed by atoms with Crippen molar-refractivity contribution in [2.75, 3.05) is 7.11 Å². The maximum Gasteiger partial charge on any atom is 0.408 e. The van der Waals surface area contributed by atoms with Gasteiger partial charge in [0, 0.05) is 28.5 Å². The molecule has 0 radical (unpaired) electrons. The van der Waals surface area contributed by atoms with Gasteiger partial charge in [-0.3, -0.25) is 0 Å². The molecular formula is C17H21ClN2O4. The van der Waals surface area contributed by atoms with Gasteiger partial charge in [-0.1, -0.05) is 17.7 Å². The van der Waals surface area contributed by atoms with Gasteiger partial charge in [-0.05, 0) is 38.5 Å². The summed E-state index contributed by atoms with van der Waals surface area (Å²) in [5.74, 6) is -0.538. The van der Waals surface area contributed by atoms with Crippen LogP contribution in [-0.4, -0.2) is 35.8 Å². The van der Waals surface area contributed by atoms with Crippen molar-refractivity contribution >= 4 is 34.6 Å². The van der Waals surface area contributed by atoms with Crippen molar-refractivity contribution in [3.63, 3.8) is 0 Å². The molecular weight excluding hydrogens is 332 g/mol. The van der Waals surface area contributed by atoms with Crippen LogP contribution in [0.2, 0.25) is 5.02 Å². The molecule has 0 bridgehead atoms. The second kappa shape index (κ2) is 7.13. The van der Waals surface area contributed by atoms with Crippen LogP contribution in [0.25, 0.3) is 10.9 Å². The number of nitrogens with one attached hydrogen (secondary N) is 2. The van der Waals surface area contributed by atoms with E-state index in [0.29, 0.717) is 5.02 Å². The Bertz CT molecular complexity index is 749. The zero-order valence-electron chi connectivity index (χ0n) is 14.1. The van der Waals surface area contributed by atoms with Crippen LogP contribution in [-0.2, 0) is 20.7 Å². The van der Waals surface area contributed by atoms with Crippen molar-refractivity contribution < 1.29 is 19.1 Å². The summed E-state index contributed by atoms with van der Waals surface area (Å²) in [5.41, 5.74) is 1.08. The molecule has 2 N–H and O–H groups in total. The largest absolute Gasteiger partial charge is 0.467 e. The van der Waals surface area contributed by atoms with Crippen molar-refractivity contribution in [1.29, 1.82) is 0 Å². The molecule has 0 aliphatic heterocycles. The minimum Gasteiger partial charge on any atom is -0.467 e. The number of benzene rings is 1. The molecule has 0 saturated carbocycles. The molecule has 2 rings (SSSR count). The fourth-order valence-corrected chi connectivity index (χ4v) is 2.50. The SMILES string of the molecule is COC(=O)[C@H](Cc1c[nH]c2cc(Cl)ccc12)NC(=O)OC(C)(C)C. The number of alkyl carbamates (subject to hydrolysis) is 1. The van der Waals surface area contributed by atoms with E-state index in [2.05, 4.69) is 10.3 Å². The third-order valence-electron chi connectivity index (χ3n) is 3.33. The Morgan fingerprint density at radius 3 is 2.67 bits per heavy atom. The van der Waals surface area contributed by atoms with Crippen LogP contribution in [0.3, 0.4) is 0 Å². The molecule has 0 spiro atoms. The number of carbonyl (C=O) groups excluding carboxylic acids is 2. The van der Waals surface area contributed by atoms with Crippen LogP contribution in [0.15, 0.2) is 24.4 Å². The summed E-state index contributed by atoms with van der Waals surface area (Å²) < 4.78 is 9.98. The molecule has 1 aromatic carbocycles. The number of methoxy groups -OCH3 is 1. The zero-order chi connectivity index (χ0) is 17.9. The van der Waals surface area contributed by atoms with Crippen molar-refractivity contribution in [3.05, 3.63) is 35.0 Å². The number of carbonyl (C=O) groups is 2. The van der Waals surface area contributed by atoms with Gasteiger partial charge >= 0.3 is 12.1 Å². The first kappa shape index (κ1) is 18.1. The average molecular weight is 353 g/mol. The number of esters is 1. The van der Waals surface area contributed by atoms with Gasteiger partial charge in [-0.2, -0.15) is 0 Å². The summed E-state index contributed by atoms with van der Waals surface area (Å²) in [6, 6.07) is 4.59. The lowest BCUT2D eigenvalue weighted by Crippen LogP contribution is -2.45. The van der Waals surface area contributed by atoms with Gasteiger partial charge in [0.1, 0.15) is 11.6 Å². The van der Waals surface area contributed by atoms with Crippen molar-refractivity contribution in [2.45, 2.75) is 38.8 Å². The van der Waals surface area contributed by atoms with Gasteiger partial charge in [0.25, 0.3) is 0 Å². The second-order valence-electron chi connectivity index (χ2n) is 6.43. The highest BCUT2D eigenvalue weighted by atomic mass is 35.5. The van der Waals surface area contributed by atoms with Gasteiger partial charge in [0.05, 0.1) is 7.11 Å². The Morgan fingerprint density at radius 2 is 2.04 bits per heavy atom. The lowest BCUT2D eigenvalue weighted by Gasteiger charge is -2.22. The summed E-state index contributed by atoms with van der Waals surface area (Å²) >= 11 is 5.97. The molecule has 1 heterocycles. The summed E-state index contributed by atoms with van der Waals surface area (Å²) in [4.78, 5) is 27.1. The Kier molecular flexibility index (Phi) is 5.39. The van der Waals surface area contributed by atoms with Gasteiger partial charge in [0.15, 0.2) is 0 Å². The van der Waals surface area contributed by atoms with E-state index in [-0.39, 0.29) is 6.42 Å². The van der Waals surface area contributed by atoms with Crippen LogP contribution in [0.5, 0.6) is 0 Å². The topological polar surface area (TPSA) is 80.4 Å². The van der Waals surface area contributed by atoms with E-state index in [4.69, 9.17) is 21.1 Å². The maximum absolute atomic E-state index is 12.0. The lowest BCUT2D eigenvalue weighted by atomic mass is 10.1. The van der Waals surface area contributed by atoms with E-state index in [0.717, 1.165) is 16.5 Å². The normalized spacial score (nSPS) is 12.7. The van der Waals surface area contributed by atoms with E-state index < -0.39 is 23.7 Å². The zero-order valence-corrected chi connectivity index (χ0v) is 14.9. The van der Waals surface area contributed by atoms with Crippen LogP contribution >= 0.6 is 11.6 Å². The summed E-state index contributed by atoms with van der Waals surface area (Å²) in [6.07, 6.45) is 1.39. The lowest BCUT2D eigenvalue weighted by molar-refractivity contribution is -0.143. The minimum absolute atomic E-state index is 0.271. The van der Waals surface area contributed by atoms with Crippen LogP contribution in [0, 0.1) is 0 Å². The number of fused-ring (bicyclic) bond motifs is 1. The number of aromatic amines is 1. The van der Waals surface area contributed by atoms with Gasteiger partial charge < -0.3 is 19.8 Å². The smallest absolute Gasteiger partial charge is 0.408 e. The molecule has 24 heavy (non-hydrogen) atoms. The maximum atomic E-state index is 12.0. The van der Waals surface area contributed by atoms with E-state index in [1.54, 1.807) is 39.1 Å². The highest BCUT2D eigenvalue weighted by molar-refractivity contribution is 6.31. The third kappa shape index (κ3) is 4.64. The van der Waals surface area contributed by atoms with Crippen LogP contribution < -0.4 is 5.32 Å². The fraction of sp³-hybridized carbons (Fsp3) is 0.412. The molecule has 0 aliphatic rings. The van der Waals surface area contributed by atoms with Crippen LogP contribution in [0.1, 0.15) is 26.3 Å². The molecule has 2 aromatic rings. The third-order valence-corrected chi connectivity index (χ3v) is 3.57. The predicted octanol–water partition coefficient (Wildman–Crippen LogP) is 3.43. The first-order valence-corrected chi connectivity index (χ1v) is 7.90. The molecule has 1 atom stereocenters. The van der Waals surface area contributed by atoms with Crippen LogP contribution in [0.4, 0.5) is 4.79 Å². The molecule has 1 amide bonds. The van der Waals surface area contributed by atoms with E-state index in [1.807, 2.05) is 6.07 Å². The van der Waals surface area contributed by atoms with E-state index in [9.17, 15) is 9.59 Å². The van der Waals surface area contributed by atoms with Crippen molar-refractivity contribution in [2.24, 2.45) is 0 Å². The molecule has 6 nitrogen and oxygen atoms in total. The second-order valence-corrected chi connectivity index (χ2v) is 6.87. The fourth-order valence-electron chi connectivity index (χ4n) is 2.33. The molecule has 0 fully saturated rings. The average Bonchev–Trinajstić information content (AvgIpc) is 2.85. The molecule has 0 saturated heterocycles.